The standard InChI is InChI=1S/C14H25N3O2/c15-13(16-18)12-4-3-9-17(12)10-11-5-8-14(19-11)6-1-2-7-14/h11-12,18H,1-10H2,(H2,15,16). The molecule has 0 aromatic rings. The van der Waals surface area contributed by atoms with E-state index in [1.54, 1.807) is 0 Å². The van der Waals surface area contributed by atoms with Gasteiger partial charge in [0.15, 0.2) is 5.84 Å². The van der Waals surface area contributed by atoms with Crippen molar-refractivity contribution >= 4 is 5.84 Å². The lowest BCUT2D eigenvalue weighted by Gasteiger charge is -2.28. The Labute approximate surface area is 114 Å². The molecule has 2 saturated heterocycles. The van der Waals surface area contributed by atoms with Gasteiger partial charge >= 0.3 is 0 Å². The highest BCUT2D eigenvalue weighted by molar-refractivity contribution is 5.85. The summed E-state index contributed by atoms with van der Waals surface area (Å²) in [5, 5.41) is 12.0. The summed E-state index contributed by atoms with van der Waals surface area (Å²) in [7, 11) is 0. The summed E-state index contributed by atoms with van der Waals surface area (Å²) in [5.74, 6) is 0.353. The quantitative estimate of drug-likeness (QED) is 0.353. The largest absolute Gasteiger partial charge is 0.409 e. The zero-order chi connectivity index (χ0) is 13.3. The van der Waals surface area contributed by atoms with Gasteiger partial charge in [0, 0.05) is 6.54 Å². The van der Waals surface area contributed by atoms with Crippen LogP contribution in [0.25, 0.3) is 0 Å². The Bertz CT molecular complexity index is 353. The molecule has 2 heterocycles. The molecule has 0 bridgehead atoms. The first-order valence-corrected chi connectivity index (χ1v) is 7.62. The number of rotatable bonds is 3. The van der Waals surface area contributed by atoms with Crippen LogP contribution in [0.2, 0.25) is 0 Å². The van der Waals surface area contributed by atoms with Gasteiger partial charge in [-0.15, -0.1) is 0 Å². The van der Waals surface area contributed by atoms with Crippen molar-refractivity contribution in [3.05, 3.63) is 0 Å². The minimum atomic E-state index is 0.105. The molecule has 2 atom stereocenters. The van der Waals surface area contributed by atoms with Crippen LogP contribution >= 0.6 is 0 Å². The summed E-state index contributed by atoms with van der Waals surface area (Å²) in [6.45, 7) is 1.97. The molecule has 3 aliphatic rings. The second kappa shape index (κ2) is 5.29. The van der Waals surface area contributed by atoms with Crippen molar-refractivity contribution in [3.8, 4) is 0 Å². The smallest absolute Gasteiger partial charge is 0.156 e. The fourth-order valence-corrected chi connectivity index (χ4v) is 4.12. The Morgan fingerprint density at radius 3 is 2.79 bits per heavy atom. The number of nitrogens with two attached hydrogens (primary N) is 1. The maximum Gasteiger partial charge on any atom is 0.156 e. The third-order valence-electron chi connectivity index (χ3n) is 5.11. The van der Waals surface area contributed by atoms with Gasteiger partial charge in [0.2, 0.25) is 0 Å². The van der Waals surface area contributed by atoms with E-state index in [2.05, 4.69) is 10.1 Å². The summed E-state index contributed by atoms with van der Waals surface area (Å²) < 4.78 is 6.35. The predicted molar refractivity (Wildman–Crippen MR) is 73.3 cm³/mol. The number of amidine groups is 1. The van der Waals surface area contributed by atoms with E-state index in [0.29, 0.717) is 11.9 Å². The first-order valence-electron chi connectivity index (χ1n) is 7.62. The molecule has 3 fully saturated rings. The molecule has 1 aliphatic carbocycles. The number of hydrogen-bond donors (Lipinski definition) is 2. The highest BCUT2D eigenvalue weighted by atomic mass is 16.5. The number of oxime groups is 1. The molecule has 3 N–H and O–H groups in total. The van der Waals surface area contributed by atoms with Crippen LogP contribution in [0.3, 0.4) is 0 Å². The molecule has 0 aromatic carbocycles. The fourth-order valence-electron chi connectivity index (χ4n) is 4.12. The normalized spacial score (nSPS) is 35.5. The third-order valence-corrected chi connectivity index (χ3v) is 5.11. The lowest BCUT2D eigenvalue weighted by molar-refractivity contribution is -0.0467. The minimum Gasteiger partial charge on any atom is -0.409 e. The first kappa shape index (κ1) is 13.2. The minimum absolute atomic E-state index is 0.105. The SMILES string of the molecule is NC(=NO)C1CCCN1CC1CCC2(CCCC2)O1. The first-order chi connectivity index (χ1) is 9.22. The van der Waals surface area contributed by atoms with Crippen molar-refractivity contribution in [2.24, 2.45) is 10.9 Å². The summed E-state index contributed by atoms with van der Waals surface area (Å²) in [6.07, 6.45) is 9.98. The second-order valence-electron chi connectivity index (χ2n) is 6.35. The van der Waals surface area contributed by atoms with E-state index in [0.717, 1.165) is 25.9 Å². The lowest BCUT2D eigenvalue weighted by Crippen LogP contribution is -2.44. The highest BCUT2D eigenvalue weighted by Crippen LogP contribution is 2.43. The zero-order valence-corrected chi connectivity index (χ0v) is 11.6. The van der Waals surface area contributed by atoms with Crippen LogP contribution < -0.4 is 5.73 Å². The number of nitrogens with zero attached hydrogens (tertiary/aromatic N) is 2. The Morgan fingerprint density at radius 2 is 2.05 bits per heavy atom. The van der Waals surface area contributed by atoms with Crippen LogP contribution in [-0.4, -0.2) is 46.8 Å². The van der Waals surface area contributed by atoms with Gasteiger partial charge in [-0.1, -0.05) is 18.0 Å². The van der Waals surface area contributed by atoms with Crippen LogP contribution in [0.5, 0.6) is 0 Å². The van der Waals surface area contributed by atoms with Crippen molar-refractivity contribution in [1.29, 1.82) is 0 Å². The Hall–Kier alpha value is -0.810. The van der Waals surface area contributed by atoms with Gasteiger partial charge in [-0.25, -0.2) is 0 Å². The fraction of sp³-hybridized carbons (Fsp3) is 0.929. The molecule has 1 spiro atoms. The van der Waals surface area contributed by atoms with Crippen LogP contribution in [0, 0.1) is 0 Å². The van der Waals surface area contributed by atoms with Crippen molar-refractivity contribution < 1.29 is 9.94 Å². The average Bonchev–Trinajstić information content (AvgIpc) is 3.13. The van der Waals surface area contributed by atoms with E-state index in [-0.39, 0.29) is 11.6 Å². The molecular weight excluding hydrogens is 242 g/mol. The molecule has 0 radical (unpaired) electrons. The molecule has 0 aromatic heterocycles. The molecular formula is C14H25N3O2. The van der Waals surface area contributed by atoms with E-state index in [1.165, 1.54) is 38.5 Å². The molecule has 3 rings (SSSR count). The average molecular weight is 267 g/mol. The van der Waals surface area contributed by atoms with Crippen molar-refractivity contribution in [3.63, 3.8) is 0 Å². The lowest BCUT2D eigenvalue weighted by atomic mass is 9.98. The molecule has 2 aliphatic heterocycles. The molecule has 5 heteroatoms. The highest BCUT2D eigenvalue weighted by Gasteiger charge is 2.43. The zero-order valence-electron chi connectivity index (χ0n) is 11.6. The van der Waals surface area contributed by atoms with Crippen LogP contribution in [0.15, 0.2) is 5.16 Å². The summed E-state index contributed by atoms with van der Waals surface area (Å²) in [5.41, 5.74) is 5.98. The van der Waals surface area contributed by atoms with Gasteiger partial charge in [0.05, 0.1) is 17.7 Å². The maximum absolute atomic E-state index is 8.85. The Balaban J connectivity index is 1.57. The van der Waals surface area contributed by atoms with Gasteiger partial charge in [-0.2, -0.15) is 0 Å². The van der Waals surface area contributed by atoms with Gasteiger partial charge < -0.3 is 15.7 Å². The van der Waals surface area contributed by atoms with Gasteiger partial charge in [-0.3, -0.25) is 4.90 Å². The topological polar surface area (TPSA) is 71.1 Å². The van der Waals surface area contributed by atoms with E-state index < -0.39 is 0 Å². The van der Waals surface area contributed by atoms with Crippen LogP contribution in [0.1, 0.15) is 51.4 Å². The number of hydrogen-bond acceptors (Lipinski definition) is 4. The predicted octanol–water partition coefficient (Wildman–Crippen LogP) is 1.69. The number of ether oxygens (including phenoxy) is 1. The summed E-state index contributed by atoms with van der Waals surface area (Å²) in [6, 6.07) is 0.105. The molecule has 2 unspecified atom stereocenters. The third kappa shape index (κ3) is 2.58. The summed E-state index contributed by atoms with van der Waals surface area (Å²) >= 11 is 0. The van der Waals surface area contributed by atoms with E-state index in [1.807, 2.05) is 0 Å². The Kier molecular flexibility index (Phi) is 3.67. The van der Waals surface area contributed by atoms with E-state index in [4.69, 9.17) is 15.7 Å². The summed E-state index contributed by atoms with van der Waals surface area (Å²) in [4.78, 5) is 2.33. The van der Waals surface area contributed by atoms with Crippen LogP contribution in [0.4, 0.5) is 0 Å². The van der Waals surface area contributed by atoms with Gasteiger partial charge in [0.1, 0.15) is 0 Å². The number of likely N-dealkylation sites (tertiary alicyclic amines) is 1. The van der Waals surface area contributed by atoms with Gasteiger partial charge in [0.25, 0.3) is 0 Å². The molecule has 5 nitrogen and oxygen atoms in total. The van der Waals surface area contributed by atoms with Gasteiger partial charge in [-0.05, 0) is 45.1 Å². The van der Waals surface area contributed by atoms with E-state index in [9.17, 15) is 0 Å². The molecule has 108 valence electrons. The molecule has 0 amide bonds. The van der Waals surface area contributed by atoms with E-state index >= 15 is 0 Å². The van der Waals surface area contributed by atoms with Crippen molar-refractivity contribution in [2.45, 2.75) is 69.1 Å². The second-order valence-corrected chi connectivity index (χ2v) is 6.35. The maximum atomic E-state index is 8.85. The Morgan fingerprint density at radius 1 is 1.26 bits per heavy atom. The monoisotopic (exact) mass is 267 g/mol. The van der Waals surface area contributed by atoms with Crippen molar-refractivity contribution in [1.82, 2.24) is 4.90 Å². The molecule has 1 saturated carbocycles. The van der Waals surface area contributed by atoms with Crippen LogP contribution in [-0.2, 0) is 4.74 Å². The van der Waals surface area contributed by atoms with Crippen molar-refractivity contribution in [2.75, 3.05) is 13.1 Å². The molecule has 19 heavy (non-hydrogen) atoms.